The van der Waals surface area contributed by atoms with Crippen LogP contribution in [0.1, 0.15) is 64.4 Å². The Labute approximate surface area is 175 Å². The summed E-state index contributed by atoms with van der Waals surface area (Å²) in [5, 5.41) is 5.78. The normalized spacial score (nSPS) is 17.1. The average molecular weight is 401 g/mol. The van der Waals surface area contributed by atoms with Gasteiger partial charge in [0.2, 0.25) is 5.91 Å². The molecule has 0 bridgehead atoms. The van der Waals surface area contributed by atoms with E-state index < -0.39 is 0 Å². The standard InChI is InChI=1S/C23H36N4O2/c1-16(2)24-23(29)25-19-12-13-21(26(3)4)18(14-19)15-27(22(28)17-10-11-17)20-8-6-5-7-9-20/h12-14,16-17,20H,5-11,15H2,1-4H3,(H2,24,25,29). The zero-order valence-electron chi connectivity index (χ0n) is 18.3. The average Bonchev–Trinajstić information content (AvgIpc) is 3.50. The molecule has 6 heteroatoms. The molecule has 3 amide bonds. The lowest BCUT2D eigenvalue weighted by molar-refractivity contribution is -0.136. The van der Waals surface area contributed by atoms with E-state index in [1.807, 2.05) is 46.1 Å². The van der Waals surface area contributed by atoms with Crippen molar-refractivity contribution in [2.75, 3.05) is 24.3 Å². The van der Waals surface area contributed by atoms with E-state index in [9.17, 15) is 9.59 Å². The van der Waals surface area contributed by atoms with Gasteiger partial charge in [-0.05, 0) is 63.3 Å². The number of amides is 3. The Kier molecular flexibility index (Phi) is 7.04. The van der Waals surface area contributed by atoms with Crippen molar-refractivity contribution in [1.82, 2.24) is 10.2 Å². The second-order valence-electron chi connectivity index (χ2n) is 9.02. The molecular weight excluding hydrogens is 364 g/mol. The van der Waals surface area contributed by atoms with Crippen LogP contribution in [0.15, 0.2) is 18.2 Å². The summed E-state index contributed by atoms with van der Waals surface area (Å²) in [5.41, 5.74) is 2.92. The number of carbonyl (C=O) groups excluding carboxylic acids is 2. The van der Waals surface area contributed by atoms with Crippen molar-refractivity contribution in [2.45, 2.75) is 77.4 Å². The van der Waals surface area contributed by atoms with Gasteiger partial charge in [-0.2, -0.15) is 0 Å². The maximum atomic E-state index is 13.1. The quantitative estimate of drug-likeness (QED) is 0.715. The first-order valence-corrected chi connectivity index (χ1v) is 11.0. The highest BCUT2D eigenvalue weighted by Crippen LogP contribution is 2.35. The van der Waals surface area contributed by atoms with E-state index in [0.717, 1.165) is 42.6 Å². The van der Waals surface area contributed by atoms with Crippen LogP contribution in [-0.4, -0.2) is 43.0 Å². The van der Waals surface area contributed by atoms with E-state index in [0.29, 0.717) is 18.5 Å². The number of carbonyl (C=O) groups is 2. The maximum Gasteiger partial charge on any atom is 0.319 e. The van der Waals surface area contributed by atoms with Crippen molar-refractivity contribution in [2.24, 2.45) is 5.92 Å². The molecule has 3 rings (SSSR count). The summed E-state index contributed by atoms with van der Waals surface area (Å²) in [6.07, 6.45) is 7.94. The first-order chi connectivity index (χ1) is 13.8. The highest BCUT2D eigenvalue weighted by molar-refractivity contribution is 5.90. The molecule has 2 aliphatic rings. The first kappa shape index (κ1) is 21.5. The molecule has 2 fully saturated rings. The van der Waals surface area contributed by atoms with Crippen molar-refractivity contribution in [3.05, 3.63) is 23.8 Å². The van der Waals surface area contributed by atoms with Gasteiger partial charge in [0, 0.05) is 50.0 Å². The Morgan fingerprint density at radius 1 is 1.07 bits per heavy atom. The second-order valence-corrected chi connectivity index (χ2v) is 9.02. The highest BCUT2D eigenvalue weighted by atomic mass is 16.2. The molecule has 160 valence electrons. The first-order valence-electron chi connectivity index (χ1n) is 11.0. The van der Waals surface area contributed by atoms with Crippen molar-refractivity contribution < 1.29 is 9.59 Å². The molecule has 2 aliphatic carbocycles. The number of anilines is 2. The summed E-state index contributed by atoms with van der Waals surface area (Å²) in [4.78, 5) is 29.5. The lowest BCUT2D eigenvalue weighted by atomic mass is 9.93. The lowest BCUT2D eigenvalue weighted by Crippen LogP contribution is -2.42. The highest BCUT2D eigenvalue weighted by Gasteiger charge is 2.37. The number of nitrogens with one attached hydrogen (secondary N) is 2. The van der Waals surface area contributed by atoms with Crippen LogP contribution in [0.3, 0.4) is 0 Å². The lowest BCUT2D eigenvalue weighted by Gasteiger charge is -2.35. The third-order valence-electron chi connectivity index (χ3n) is 5.80. The van der Waals surface area contributed by atoms with Crippen LogP contribution < -0.4 is 15.5 Å². The second kappa shape index (κ2) is 9.51. The van der Waals surface area contributed by atoms with Gasteiger partial charge in [-0.1, -0.05) is 19.3 Å². The fourth-order valence-electron chi connectivity index (χ4n) is 4.18. The Hall–Kier alpha value is -2.24. The maximum absolute atomic E-state index is 13.1. The molecule has 1 aromatic carbocycles. The number of benzene rings is 1. The van der Waals surface area contributed by atoms with Gasteiger partial charge in [0.25, 0.3) is 0 Å². The molecule has 2 saturated carbocycles. The van der Waals surface area contributed by atoms with Crippen LogP contribution >= 0.6 is 0 Å². The zero-order valence-corrected chi connectivity index (χ0v) is 18.3. The largest absolute Gasteiger partial charge is 0.377 e. The van der Waals surface area contributed by atoms with Crippen molar-refractivity contribution in [3.63, 3.8) is 0 Å². The topological polar surface area (TPSA) is 64.7 Å². The molecule has 29 heavy (non-hydrogen) atoms. The van der Waals surface area contributed by atoms with E-state index in [1.165, 1.54) is 19.3 Å². The molecule has 2 N–H and O–H groups in total. The predicted molar refractivity (Wildman–Crippen MR) is 118 cm³/mol. The number of nitrogens with zero attached hydrogens (tertiary/aromatic N) is 2. The van der Waals surface area contributed by atoms with E-state index in [2.05, 4.69) is 20.4 Å². The minimum Gasteiger partial charge on any atom is -0.377 e. The van der Waals surface area contributed by atoms with Gasteiger partial charge < -0.3 is 20.4 Å². The van der Waals surface area contributed by atoms with E-state index >= 15 is 0 Å². The Bertz CT molecular complexity index is 722. The molecule has 0 atom stereocenters. The van der Waals surface area contributed by atoms with Crippen molar-refractivity contribution in [3.8, 4) is 0 Å². The third-order valence-corrected chi connectivity index (χ3v) is 5.80. The summed E-state index contributed by atoms with van der Waals surface area (Å²) in [7, 11) is 4.04. The predicted octanol–water partition coefficient (Wildman–Crippen LogP) is 4.35. The molecule has 0 aliphatic heterocycles. The van der Waals surface area contributed by atoms with Crippen LogP contribution in [0, 0.1) is 5.92 Å². The summed E-state index contributed by atoms with van der Waals surface area (Å²) in [5.74, 6) is 0.537. The Balaban J connectivity index is 1.83. The molecule has 0 unspecified atom stereocenters. The number of hydrogen-bond acceptors (Lipinski definition) is 3. The van der Waals surface area contributed by atoms with Gasteiger partial charge in [-0.15, -0.1) is 0 Å². The van der Waals surface area contributed by atoms with Crippen molar-refractivity contribution in [1.29, 1.82) is 0 Å². The van der Waals surface area contributed by atoms with Crippen LogP contribution in [0.5, 0.6) is 0 Å². The zero-order chi connectivity index (χ0) is 21.0. The molecule has 0 saturated heterocycles. The third kappa shape index (κ3) is 5.87. The van der Waals surface area contributed by atoms with E-state index in [-0.39, 0.29) is 18.0 Å². The molecule has 0 heterocycles. The van der Waals surface area contributed by atoms with Gasteiger partial charge in [0.15, 0.2) is 0 Å². The van der Waals surface area contributed by atoms with Crippen molar-refractivity contribution >= 4 is 23.3 Å². The SMILES string of the molecule is CC(C)NC(=O)Nc1ccc(N(C)C)c(CN(C(=O)C2CC2)C2CCCCC2)c1. The molecule has 0 radical (unpaired) electrons. The molecule has 1 aromatic rings. The van der Waals surface area contributed by atoms with Gasteiger partial charge in [0.05, 0.1) is 0 Å². The Morgan fingerprint density at radius 3 is 2.34 bits per heavy atom. The fourth-order valence-corrected chi connectivity index (χ4v) is 4.18. The summed E-state index contributed by atoms with van der Waals surface area (Å²) in [6.45, 7) is 4.48. The van der Waals surface area contributed by atoms with Gasteiger partial charge >= 0.3 is 6.03 Å². The smallest absolute Gasteiger partial charge is 0.319 e. The van der Waals surface area contributed by atoms with Crippen LogP contribution in [0.2, 0.25) is 0 Å². The summed E-state index contributed by atoms with van der Waals surface area (Å²) >= 11 is 0. The van der Waals surface area contributed by atoms with E-state index in [1.54, 1.807) is 0 Å². The fraction of sp³-hybridized carbons (Fsp3) is 0.652. The monoisotopic (exact) mass is 400 g/mol. The van der Waals surface area contributed by atoms with Crippen LogP contribution in [0.25, 0.3) is 0 Å². The minimum atomic E-state index is -0.207. The molecule has 6 nitrogen and oxygen atoms in total. The number of rotatable bonds is 7. The summed E-state index contributed by atoms with van der Waals surface area (Å²) < 4.78 is 0. The Morgan fingerprint density at radius 2 is 1.76 bits per heavy atom. The number of urea groups is 1. The molecular formula is C23H36N4O2. The molecule has 0 aromatic heterocycles. The van der Waals surface area contributed by atoms with Gasteiger partial charge in [-0.25, -0.2) is 4.79 Å². The molecule has 0 spiro atoms. The van der Waals surface area contributed by atoms with Gasteiger partial charge in [0.1, 0.15) is 0 Å². The van der Waals surface area contributed by atoms with Crippen LogP contribution in [-0.2, 0) is 11.3 Å². The summed E-state index contributed by atoms with van der Waals surface area (Å²) in [6, 6.07) is 6.18. The van der Waals surface area contributed by atoms with Gasteiger partial charge in [-0.3, -0.25) is 4.79 Å². The van der Waals surface area contributed by atoms with Crippen LogP contribution in [0.4, 0.5) is 16.2 Å². The minimum absolute atomic E-state index is 0.0773. The number of hydrogen-bond donors (Lipinski definition) is 2. The van der Waals surface area contributed by atoms with E-state index in [4.69, 9.17) is 0 Å².